The van der Waals surface area contributed by atoms with E-state index in [1.165, 1.54) is 0 Å². The third-order valence-electron chi connectivity index (χ3n) is 4.49. The maximum absolute atomic E-state index is 13.2. The van der Waals surface area contributed by atoms with Crippen molar-refractivity contribution in [3.05, 3.63) is 45.5 Å². The zero-order chi connectivity index (χ0) is 18.0. The largest absolute Gasteiger partial charge is 0.381 e. The van der Waals surface area contributed by atoms with Crippen molar-refractivity contribution < 1.29 is 14.1 Å². The molecule has 6 nitrogen and oxygen atoms in total. The van der Waals surface area contributed by atoms with Gasteiger partial charge in [-0.3, -0.25) is 4.79 Å². The Kier molecular flexibility index (Phi) is 5.32. The minimum Gasteiger partial charge on any atom is -0.381 e. The van der Waals surface area contributed by atoms with E-state index >= 15 is 0 Å². The van der Waals surface area contributed by atoms with Crippen LogP contribution in [0, 0.1) is 6.92 Å². The molecule has 1 aromatic carbocycles. The molecule has 1 aliphatic rings. The lowest BCUT2D eigenvalue weighted by molar-refractivity contribution is -0.131. The number of halogens is 2. The summed E-state index contributed by atoms with van der Waals surface area (Å²) in [5, 5.41) is 7.75. The summed E-state index contributed by atoms with van der Waals surface area (Å²) >= 11 is 12.4. The third kappa shape index (κ3) is 3.66. The third-order valence-corrected chi connectivity index (χ3v) is 5.04. The van der Waals surface area contributed by atoms with Crippen LogP contribution in [0.5, 0.6) is 0 Å². The van der Waals surface area contributed by atoms with Crippen LogP contribution < -0.4 is 5.32 Å². The van der Waals surface area contributed by atoms with Gasteiger partial charge in [-0.1, -0.05) is 34.4 Å². The van der Waals surface area contributed by atoms with Crippen molar-refractivity contribution in [1.82, 2.24) is 15.5 Å². The summed E-state index contributed by atoms with van der Waals surface area (Å²) in [4.78, 5) is 17.4. The van der Waals surface area contributed by atoms with Crippen LogP contribution in [0.2, 0.25) is 10.0 Å². The van der Waals surface area contributed by atoms with Gasteiger partial charge >= 0.3 is 0 Å². The van der Waals surface area contributed by atoms with Gasteiger partial charge in [0, 0.05) is 23.3 Å². The zero-order valence-corrected chi connectivity index (χ0v) is 15.5. The van der Waals surface area contributed by atoms with E-state index in [-0.39, 0.29) is 5.91 Å². The normalized spacial score (nSPS) is 17.9. The van der Waals surface area contributed by atoms with Crippen LogP contribution in [0.1, 0.15) is 43.1 Å². The molecular weight excluding hydrogens is 365 g/mol. The average molecular weight is 384 g/mol. The average Bonchev–Trinajstić information content (AvgIpc) is 3.02. The molecular formula is C17H19Cl2N3O3. The first-order valence-electron chi connectivity index (χ1n) is 8.07. The van der Waals surface area contributed by atoms with Gasteiger partial charge in [0.1, 0.15) is 6.04 Å². The summed E-state index contributed by atoms with van der Waals surface area (Å²) in [6.45, 7) is 4.51. The first-order valence-corrected chi connectivity index (χ1v) is 8.82. The number of benzene rings is 1. The highest BCUT2D eigenvalue weighted by Gasteiger charge is 2.43. The van der Waals surface area contributed by atoms with Crippen LogP contribution >= 0.6 is 23.2 Å². The number of carbonyl (C=O) groups excluding carboxylic acids is 1. The monoisotopic (exact) mass is 383 g/mol. The number of nitrogens with zero attached hydrogens (tertiary/aromatic N) is 2. The Balaban J connectivity index is 1.90. The molecule has 8 heteroatoms. The molecule has 1 saturated heterocycles. The molecule has 0 aliphatic carbocycles. The summed E-state index contributed by atoms with van der Waals surface area (Å²) in [7, 11) is 0. The van der Waals surface area contributed by atoms with Crippen molar-refractivity contribution >= 4 is 29.1 Å². The van der Waals surface area contributed by atoms with Gasteiger partial charge in [-0.05, 0) is 44.4 Å². The Bertz CT molecular complexity index is 772. The smallest absolute Gasteiger partial charge is 0.248 e. The molecule has 0 spiro atoms. The van der Waals surface area contributed by atoms with Crippen molar-refractivity contribution in [3.63, 3.8) is 0 Å². The van der Waals surface area contributed by atoms with Gasteiger partial charge in [0.25, 0.3) is 0 Å². The highest BCUT2D eigenvalue weighted by molar-refractivity contribution is 6.35. The van der Waals surface area contributed by atoms with Crippen LogP contribution in [0.25, 0.3) is 0 Å². The molecule has 2 aromatic rings. The van der Waals surface area contributed by atoms with Gasteiger partial charge in [0.05, 0.1) is 5.41 Å². The summed E-state index contributed by atoms with van der Waals surface area (Å²) in [6.07, 6.45) is 1.07. The van der Waals surface area contributed by atoms with Crippen molar-refractivity contribution in [2.45, 2.75) is 38.1 Å². The predicted molar refractivity (Wildman–Crippen MR) is 93.8 cm³/mol. The number of hydrogen-bond acceptors (Lipinski definition) is 5. The summed E-state index contributed by atoms with van der Waals surface area (Å²) < 4.78 is 10.6. The lowest BCUT2D eigenvalue weighted by atomic mass is 9.73. The SMILES string of the molecule is Cc1noc(C(C)NC(=O)C2(c3ccc(Cl)cc3Cl)CCOCC2)n1. The number of carbonyl (C=O) groups is 1. The molecule has 3 rings (SSSR count). The first-order chi connectivity index (χ1) is 11.9. The molecule has 134 valence electrons. The van der Waals surface area contributed by atoms with E-state index in [0.717, 1.165) is 5.56 Å². The highest BCUT2D eigenvalue weighted by atomic mass is 35.5. The van der Waals surface area contributed by atoms with Gasteiger partial charge in [0.15, 0.2) is 5.82 Å². The topological polar surface area (TPSA) is 77.2 Å². The molecule has 25 heavy (non-hydrogen) atoms. The van der Waals surface area contributed by atoms with E-state index in [1.807, 2.05) is 6.07 Å². The van der Waals surface area contributed by atoms with E-state index in [0.29, 0.717) is 47.8 Å². The molecule has 1 aliphatic heterocycles. The van der Waals surface area contributed by atoms with Crippen molar-refractivity contribution in [2.75, 3.05) is 13.2 Å². The molecule has 0 bridgehead atoms. The van der Waals surface area contributed by atoms with Crippen LogP contribution in [-0.4, -0.2) is 29.3 Å². The van der Waals surface area contributed by atoms with Gasteiger partial charge in [0.2, 0.25) is 11.8 Å². The Morgan fingerprint density at radius 3 is 2.64 bits per heavy atom. The number of ether oxygens (including phenoxy) is 1. The number of nitrogens with one attached hydrogen (secondary N) is 1. The first kappa shape index (κ1) is 18.2. The van der Waals surface area contributed by atoms with Crippen molar-refractivity contribution in [2.24, 2.45) is 0 Å². The summed E-state index contributed by atoms with van der Waals surface area (Å²) in [5.41, 5.74) is -0.0169. The van der Waals surface area contributed by atoms with Crippen molar-refractivity contribution in [1.29, 1.82) is 0 Å². The maximum atomic E-state index is 13.2. The quantitative estimate of drug-likeness (QED) is 0.872. The van der Waals surface area contributed by atoms with Crippen LogP contribution in [0.3, 0.4) is 0 Å². The number of aromatic nitrogens is 2. The Morgan fingerprint density at radius 1 is 1.32 bits per heavy atom. The highest BCUT2D eigenvalue weighted by Crippen LogP contribution is 2.40. The lowest BCUT2D eigenvalue weighted by Gasteiger charge is -2.37. The van der Waals surface area contributed by atoms with Crippen LogP contribution in [0.15, 0.2) is 22.7 Å². The Hall–Kier alpha value is -1.63. The van der Waals surface area contributed by atoms with Gasteiger partial charge in [-0.25, -0.2) is 0 Å². The van der Waals surface area contributed by atoms with E-state index in [9.17, 15) is 4.79 Å². The molecule has 1 N–H and O–H groups in total. The van der Waals surface area contributed by atoms with Gasteiger partial charge in [-0.2, -0.15) is 4.98 Å². The van der Waals surface area contributed by atoms with Gasteiger partial charge in [-0.15, -0.1) is 0 Å². The van der Waals surface area contributed by atoms with Crippen LogP contribution in [0.4, 0.5) is 0 Å². The second-order valence-corrected chi connectivity index (χ2v) is 7.04. The Labute approximate surface area is 155 Å². The van der Waals surface area contributed by atoms with E-state index < -0.39 is 11.5 Å². The van der Waals surface area contributed by atoms with Crippen LogP contribution in [-0.2, 0) is 14.9 Å². The lowest BCUT2D eigenvalue weighted by Crippen LogP contribution is -2.48. The standard InChI is InChI=1S/C17H19Cl2N3O3/c1-10(15-21-11(2)22-25-15)20-16(23)17(5-7-24-8-6-17)13-4-3-12(18)9-14(13)19/h3-4,9-10H,5-8H2,1-2H3,(H,20,23). The maximum Gasteiger partial charge on any atom is 0.248 e. The second kappa shape index (κ2) is 7.32. The molecule has 1 aromatic heterocycles. The number of aryl methyl sites for hydroxylation is 1. The number of rotatable bonds is 4. The fraction of sp³-hybridized carbons (Fsp3) is 0.471. The molecule has 1 unspecified atom stereocenters. The minimum atomic E-state index is -0.775. The molecule has 1 atom stereocenters. The summed E-state index contributed by atoms with van der Waals surface area (Å²) in [5.74, 6) is 0.760. The van der Waals surface area contributed by atoms with E-state index in [2.05, 4.69) is 15.5 Å². The predicted octanol–water partition coefficient (Wildman–Crippen LogP) is 3.61. The van der Waals surface area contributed by atoms with E-state index in [1.54, 1.807) is 26.0 Å². The Morgan fingerprint density at radius 2 is 2.04 bits per heavy atom. The van der Waals surface area contributed by atoms with E-state index in [4.69, 9.17) is 32.5 Å². The van der Waals surface area contributed by atoms with Crippen molar-refractivity contribution in [3.8, 4) is 0 Å². The fourth-order valence-electron chi connectivity index (χ4n) is 3.10. The molecule has 1 fully saturated rings. The number of hydrogen-bond donors (Lipinski definition) is 1. The molecule has 1 amide bonds. The molecule has 0 radical (unpaired) electrons. The minimum absolute atomic E-state index is 0.136. The molecule has 2 heterocycles. The molecule has 0 saturated carbocycles. The fourth-order valence-corrected chi connectivity index (χ4v) is 3.69. The van der Waals surface area contributed by atoms with Gasteiger partial charge < -0.3 is 14.6 Å². The number of amides is 1. The summed E-state index contributed by atoms with van der Waals surface area (Å²) in [6, 6.07) is 4.82. The zero-order valence-electron chi connectivity index (χ0n) is 14.0. The second-order valence-electron chi connectivity index (χ2n) is 6.19.